The quantitative estimate of drug-likeness (QED) is 0.413. The number of ether oxygens (including phenoxy) is 1. The molecule has 1 amide bonds. The number of nitrogens with one attached hydrogen (secondary N) is 1. The van der Waals surface area contributed by atoms with E-state index in [0.29, 0.717) is 4.90 Å². The molecule has 0 saturated carbocycles. The van der Waals surface area contributed by atoms with Crippen molar-refractivity contribution >= 4 is 29.5 Å². The summed E-state index contributed by atoms with van der Waals surface area (Å²) in [5.41, 5.74) is 0.650. The molecule has 0 aliphatic rings. The molecule has 0 fully saturated rings. The highest BCUT2D eigenvalue weighted by atomic mass is 32.2. The number of nitrogens with zero attached hydrogens (tertiary/aromatic N) is 1. The molecule has 0 aliphatic heterocycles. The molecule has 0 spiro atoms. The van der Waals surface area contributed by atoms with E-state index < -0.39 is 23.0 Å². The molecule has 0 unspecified atom stereocenters. The van der Waals surface area contributed by atoms with Gasteiger partial charge in [0.2, 0.25) is 0 Å². The summed E-state index contributed by atoms with van der Waals surface area (Å²) in [7, 11) is 0. The number of rotatable bonds is 8. The minimum atomic E-state index is -1.26. The lowest BCUT2D eigenvalue weighted by Gasteiger charge is -2.14. The van der Waals surface area contributed by atoms with Crippen molar-refractivity contribution in [3.63, 3.8) is 0 Å². The molecular weight excluding hydrogens is 360 g/mol. The fraction of sp³-hybridized carbons (Fsp3) is 0.176. The van der Waals surface area contributed by atoms with Crippen LogP contribution in [0.5, 0.6) is 0 Å². The van der Waals surface area contributed by atoms with Crippen LogP contribution in [0.25, 0.3) is 0 Å². The maximum atomic E-state index is 11.8. The number of thioether (sulfide) groups is 1. The van der Waals surface area contributed by atoms with Crippen molar-refractivity contribution in [2.24, 2.45) is 0 Å². The Hall–Kier alpha value is -3.07. The molecule has 2 rings (SSSR count). The highest BCUT2D eigenvalue weighted by molar-refractivity contribution is 7.99. The van der Waals surface area contributed by atoms with E-state index in [-0.39, 0.29) is 18.0 Å². The first-order chi connectivity index (χ1) is 12.5. The van der Waals surface area contributed by atoms with Crippen molar-refractivity contribution in [1.29, 1.82) is 0 Å². The number of nitro benzene ring substituents is 1. The van der Waals surface area contributed by atoms with Crippen molar-refractivity contribution in [2.45, 2.75) is 17.5 Å². The lowest BCUT2D eigenvalue weighted by Crippen LogP contribution is -2.42. The molecule has 2 aromatic carbocycles. The van der Waals surface area contributed by atoms with E-state index in [2.05, 4.69) is 5.32 Å². The summed E-state index contributed by atoms with van der Waals surface area (Å²) in [6.07, 6.45) is -0.871. The number of aliphatic carboxylic acids is 1. The number of hydrogen-bond donors (Lipinski definition) is 2. The summed E-state index contributed by atoms with van der Waals surface area (Å²) < 4.78 is 4.99. The average Bonchev–Trinajstić information content (AvgIpc) is 2.64. The molecule has 8 nitrogen and oxygen atoms in total. The van der Waals surface area contributed by atoms with Gasteiger partial charge < -0.3 is 15.2 Å². The molecule has 2 aromatic rings. The molecule has 136 valence electrons. The van der Waals surface area contributed by atoms with E-state index in [4.69, 9.17) is 4.74 Å². The number of alkyl carbamates (subject to hydrolysis) is 1. The smallest absolute Gasteiger partial charge is 0.408 e. The van der Waals surface area contributed by atoms with Crippen molar-refractivity contribution in [2.75, 3.05) is 5.75 Å². The van der Waals surface area contributed by atoms with Crippen LogP contribution < -0.4 is 5.32 Å². The number of carboxylic acid groups (broad SMARTS) is 1. The summed E-state index contributed by atoms with van der Waals surface area (Å²) >= 11 is 0.975. The third kappa shape index (κ3) is 5.78. The van der Waals surface area contributed by atoms with Crippen LogP contribution in [0, 0.1) is 10.1 Å². The van der Waals surface area contributed by atoms with Crippen LogP contribution in [-0.4, -0.2) is 33.9 Å². The number of carbonyl (C=O) groups is 2. The van der Waals surface area contributed by atoms with Gasteiger partial charge in [-0.2, -0.15) is 0 Å². The summed E-state index contributed by atoms with van der Waals surface area (Å²) in [4.78, 5) is 33.9. The number of benzene rings is 2. The number of nitro groups is 1. The van der Waals surface area contributed by atoms with E-state index in [1.165, 1.54) is 18.2 Å². The van der Waals surface area contributed by atoms with Gasteiger partial charge in [0.25, 0.3) is 5.69 Å². The van der Waals surface area contributed by atoms with Gasteiger partial charge in [-0.3, -0.25) is 10.1 Å². The number of carbonyl (C=O) groups excluding carboxylic acids is 1. The molecule has 0 bridgehead atoms. The fourth-order valence-corrected chi connectivity index (χ4v) is 3.02. The highest BCUT2D eigenvalue weighted by Gasteiger charge is 2.23. The van der Waals surface area contributed by atoms with Crippen molar-refractivity contribution < 1.29 is 24.4 Å². The van der Waals surface area contributed by atoms with Crippen LogP contribution in [0.4, 0.5) is 10.5 Å². The van der Waals surface area contributed by atoms with Gasteiger partial charge in [0, 0.05) is 11.8 Å². The highest BCUT2D eigenvalue weighted by Crippen LogP contribution is 2.29. The zero-order valence-corrected chi connectivity index (χ0v) is 14.3. The van der Waals surface area contributed by atoms with Gasteiger partial charge in [-0.15, -0.1) is 11.8 Å². The van der Waals surface area contributed by atoms with Crippen LogP contribution >= 0.6 is 11.8 Å². The third-order valence-electron chi connectivity index (χ3n) is 3.27. The number of carboxylic acids is 1. The van der Waals surface area contributed by atoms with Gasteiger partial charge in [0.05, 0.1) is 9.82 Å². The molecule has 0 radical (unpaired) electrons. The lowest BCUT2D eigenvalue weighted by atomic mass is 10.2. The average molecular weight is 376 g/mol. The lowest BCUT2D eigenvalue weighted by molar-refractivity contribution is -0.387. The Bertz CT molecular complexity index is 784. The third-order valence-corrected chi connectivity index (χ3v) is 4.43. The van der Waals surface area contributed by atoms with Crippen LogP contribution in [0.1, 0.15) is 5.56 Å². The second-order valence-electron chi connectivity index (χ2n) is 5.13. The van der Waals surface area contributed by atoms with Crippen LogP contribution in [0.2, 0.25) is 0 Å². The van der Waals surface area contributed by atoms with E-state index in [1.807, 2.05) is 6.07 Å². The summed E-state index contributed by atoms with van der Waals surface area (Å²) in [6, 6.07) is 13.7. The standard InChI is InChI=1S/C17H16N2O6S/c20-16(21)13(11-26-15-9-5-4-8-14(15)19(23)24)18-17(22)25-10-12-6-2-1-3-7-12/h1-9,13H,10-11H2,(H,18,22)(H,20,21)/t13-/m1/s1. The van der Waals surface area contributed by atoms with Crippen molar-refractivity contribution in [3.8, 4) is 0 Å². The first-order valence-corrected chi connectivity index (χ1v) is 8.52. The number of hydrogen-bond acceptors (Lipinski definition) is 6. The molecular formula is C17H16N2O6S. The molecule has 2 N–H and O–H groups in total. The van der Waals surface area contributed by atoms with Gasteiger partial charge in [0.15, 0.2) is 0 Å². The second kappa shape index (κ2) is 9.42. The predicted octanol–water partition coefficient (Wildman–Crippen LogP) is 3.07. The fourth-order valence-electron chi connectivity index (χ4n) is 1.98. The maximum absolute atomic E-state index is 11.8. The van der Waals surface area contributed by atoms with Crippen LogP contribution in [0.15, 0.2) is 59.5 Å². The van der Waals surface area contributed by atoms with Gasteiger partial charge in [-0.05, 0) is 11.6 Å². The maximum Gasteiger partial charge on any atom is 0.408 e. The molecule has 1 atom stereocenters. The Labute approximate surface area is 153 Å². The predicted molar refractivity (Wildman–Crippen MR) is 95.0 cm³/mol. The zero-order valence-electron chi connectivity index (χ0n) is 13.5. The van der Waals surface area contributed by atoms with Crippen molar-refractivity contribution in [3.05, 3.63) is 70.3 Å². The summed E-state index contributed by atoms with van der Waals surface area (Å²) in [6.45, 7) is 0.0102. The Kier molecular flexibility index (Phi) is 6.98. The van der Waals surface area contributed by atoms with E-state index in [9.17, 15) is 24.8 Å². The molecule has 0 saturated heterocycles. The SMILES string of the molecule is O=C(N[C@H](CSc1ccccc1[N+](=O)[O-])C(=O)O)OCc1ccccc1. The monoisotopic (exact) mass is 376 g/mol. The molecule has 0 aromatic heterocycles. The molecule has 26 heavy (non-hydrogen) atoms. The first kappa shape index (κ1) is 19.3. The largest absolute Gasteiger partial charge is 0.480 e. The molecule has 9 heteroatoms. The van der Waals surface area contributed by atoms with Crippen LogP contribution in [-0.2, 0) is 16.1 Å². The Morgan fingerprint density at radius 1 is 1.15 bits per heavy atom. The van der Waals surface area contributed by atoms with E-state index in [1.54, 1.807) is 30.3 Å². The topological polar surface area (TPSA) is 119 Å². The molecule has 0 heterocycles. The zero-order chi connectivity index (χ0) is 18.9. The summed E-state index contributed by atoms with van der Waals surface area (Å²) in [5.74, 6) is -1.34. The van der Waals surface area contributed by atoms with Crippen LogP contribution in [0.3, 0.4) is 0 Å². The van der Waals surface area contributed by atoms with E-state index >= 15 is 0 Å². The Balaban J connectivity index is 1.91. The van der Waals surface area contributed by atoms with Gasteiger partial charge in [0.1, 0.15) is 12.6 Å². The summed E-state index contributed by atoms with van der Waals surface area (Å²) in [5, 5.41) is 22.5. The Morgan fingerprint density at radius 2 is 1.81 bits per heavy atom. The number of para-hydroxylation sites is 1. The van der Waals surface area contributed by atoms with Gasteiger partial charge in [-0.1, -0.05) is 42.5 Å². The minimum absolute atomic E-state index is 0.0102. The van der Waals surface area contributed by atoms with Gasteiger partial charge in [-0.25, -0.2) is 9.59 Å². The van der Waals surface area contributed by atoms with Crippen molar-refractivity contribution in [1.82, 2.24) is 5.32 Å². The minimum Gasteiger partial charge on any atom is -0.480 e. The number of amides is 1. The van der Waals surface area contributed by atoms with Gasteiger partial charge >= 0.3 is 12.1 Å². The normalized spacial score (nSPS) is 11.4. The Morgan fingerprint density at radius 3 is 2.46 bits per heavy atom. The molecule has 0 aliphatic carbocycles. The first-order valence-electron chi connectivity index (χ1n) is 7.53. The van der Waals surface area contributed by atoms with E-state index in [0.717, 1.165) is 17.3 Å². The second-order valence-corrected chi connectivity index (χ2v) is 6.19.